The SMILES string of the molecule is CCCC1(O)CN(C(=O)Nc2cccc3ccccc23)C1. The van der Waals surface area contributed by atoms with E-state index in [1.54, 1.807) is 4.90 Å². The maximum absolute atomic E-state index is 12.2. The van der Waals surface area contributed by atoms with E-state index >= 15 is 0 Å². The Morgan fingerprint density at radius 1 is 1.24 bits per heavy atom. The first kappa shape index (κ1) is 13.9. The smallest absolute Gasteiger partial charge is 0.322 e. The minimum Gasteiger partial charge on any atom is -0.386 e. The molecule has 21 heavy (non-hydrogen) atoms. The first-order valence-electron chi connectivity index (χ1n) is 7.37. The summed E-state index contributed by atoms with van der Waals surface area (Å²) in [5, 5.41) is 15.2. The Morgan fingerprint density at radius 3 is 2.71 bits per heavy atom. The fourth-order valence-corrected chi connectivity index (χ4v) is 2.96. The molecule has 0 saturated carbocycles. The molecule has 1 fully saturated rings. The highest BCUT2D eigenvalue weighted by molar-refractivity contribution is 6.01. The number of hydrogen-bond donors (Lipinski definition) is 2. The van der Waals surface area contributed by atoms with Crippen LogP contribution in [-0.4, -0.2) is 34.7 Å². The molecule has 0 aromatic heterocycles. The molecule has 3 rings (SSSR count). The van der Waals surface area contributed by atoms with Gasteiger partial charge >= 0.3 is 6.03 Å². The van der Waals surface area contributed by atoms with Crippen LogP contribution in [0.4, 0.5) is 10.5 Å². The summed E-state index contributed by atoms with van der Waals surface area (Å²) in [7, 11) is 0. The van der Waals surface area contributed by atoms with Crippen molar-refractivity contribution in [1.29, 1.82) is 0 Å². The van der Waals surface area contributed by atoms with Gasteiger partial charge in [-0.3, -0.25) is 0 Å². The number of fused-ring (bicyclic) bond motifs is 1. The third-order valence-corrected chi connectivity index (χ3v) is 4.00. The molecule has 1 heterocycles. The number of hydrogen-bond acceptors (Lipinski definition) is 2. The summed E-state index contributed by atoms with van der Waals surface area (Å²) in [6.07, 6.45) is 1.67. The monoisotopic (exact) mass is 284 g/mol. The molecule has 4 heteroatoms. The molecule has 1 saturated heterocycles. The Hall–Kier alpha value is -2.07. The van der Waals surface area contributed by atoms with Crippen molar-refractivity contribution in [2.45, 2.75) is 25.4 Å². The lowest BCUT2D eigenvalue weighted by molar-refractivity contribution is -0.0792. The fourth-order valence-electron chi connectivity index (χ4n) is 2.96. The van der Waals surface area contributed by atoms with Crippen LogP contribution in [0.1, 0.15) is 19.8 Å². The quantitative estimate of drug-likeness (QED) is 0.909. The average Bonchev–Trinajstić information content (AvgIpc) is 2.45. The first-order chi connectivity index (χ1) is 10.1. The molecule has 1 aliphatic rings. The molecule has 0 unspecified atom stereocenters. The van der Waals surface area contributed by atoms with E-state index in [0.29, 0.717) is 13.1 Å². The highest BCUT2D eigenvalue weighted by Crippen LogP contribution is 2.28. The molecule has 0 aliphatic carbocycles. The normalized spacial score (nSPS) is 16.6. The minimum atomic E-state index is -0.690. The van der Waals surface area contributed by atoms with Gasteiger partial charge in [-0.2, -0.15) is 0 Å². The number of urea groups is 1. The van der Waals surface area contributed by atoms with Gasteiger partial charge in [0, 0.05) is 5.39 Å². The highest BCUT2D eigenvalue weighted by Gasteiger charge is 2.42. The van der Waals surface area contributed by atoms with E-state index in [0.717, 1.165) is 29.3 Å². The van der Waals surface area contributed by atoms with Crippen LogP contribution in [0.5, 0.6) is 0 Å². The number of aliphatic hydroxyl groups is 1. The number of carbonyl (C=O) groups is 1. The van der Waals surface area contributed by atoms with Crippen LogP contribution in [0.3, 0.4) is 0 Å². The molecule has 0 bridgehead atoms. The Bertz CT molecular complexity index is 657. The van der Waals surface area contributed by atoms with Crippen molar-refractivity contribution in [1.82, 2.24) is 4.90 Å². The Balaban J connectivity index is 1.71. The average molecular weight is 284 g/mol. The van der Waals surface area contributed by atoms with Crippen molar-refractivity contribution in [2.24, 2.45) is 0 Å². The zero-order valence-electron chi connectivity index (χ0n) is 12.2. The zero-order valence-corrected chi connectivity index (χ0v) is 12.2. The third kappa shape index (κ3) is 2.72. The van der Waals surface area contributed by atoms with Gasteiger partial charge in [-0.15, -0.1) is 0 Å². The highest BCUT2D eigenvalue weighted by atomic mass is 16.3. The largest absolute Gasteiger partial charge is 0.386 e. The maximum atomic E-state index is 12.2. The molecular formula is C17H20N2O2. The molecule has 2 amide bonds. The molecule has 0 radical (unpaired) electrons. The van der Waals surface area contributed by atoms with Gasteiger partial charge in [0.25, 0.3) is 0 Å². The van der Waals surface area contributed by atoms with Crippen molar-refractivity contribution in [2.75, 3.05) is 18.4 Å². The summed E-state index contributed by atoms with van der Waals surface area (Å²) in [6, 6.07) is 13.7. The van der Waals surface area contributed by atoms with Gasteiger partial charge in [0.2, 0.25) is 0 Å². The van der Waals surface area contributed by atoms with Crippen LogP contribution in [-0.2, 0) is 0 Å². The van der Waals surface area contributed by atoms with Gasteiger partial charge in [0.1, 0.15) is 0 Å². The summed E-state index contributed by atoms with van der Waals surface area (Å²) in [5.41, 5.74) is 0.120. The van der Waals surface area contributed by atoms with E-state index in [1.807, 2.05) is 49.4 Å². The second-order valence-corrected chi connectivity index (χ2v) is 5.79. The number of anilines is 1. The third-order valence-electron chi connectivity index (χ3n) is 4.00. The molecule has 2 aromatic rings. The predicted octanol–water partition coefficient (Wildman–Crippen LogP) is 3.22. The van der Waals surface area contributed by atoms with Crippen molar-refractivity contribution < 1.29 is 9.90 Å². The number of rotatable bonds is 3. The molecule has 4 nitrogen and oxygen atoms in total. The van der Waals surface area contributed by atoms with Crippen LogP contribution in [0.25, 0.3) is 10.8 Å². The summed E-state index contributed by atoms with van der Waals surface area (Å²) in [5.74, 6) is 0. The molecular weight excluding hydrogens is 264 g/mol. The molecule has 0 atom stereocenters. The molecule has 2 aromatic carbocycles. The fraction of sp³-hybridized carbons (Fsp3) is 0.353. The number of carbonyl (C=O) groups excluding carboxylic acids is 1. The van der Waals surface area contributed by atoms with E-state index in [4.69, 9.17) is 0 Å². The summed E-state index contributed by atoms with van der Waals surface area (Å²) < 4.78 is 0. The summed E-state index contributed by atoms with van der Waals surface area (Å²) >= 11 is 0. The van der Waals surface area contributed by atoms with Gasteiger partial charge in [-0.1, -0.05) is 49.7 Å². The second-order valence-electron chi connectivity index (χ2n) is 5.79. The lowest BCUT2D eigenvalue weighted by Gasteiger charge is -2.46. The Labute approximate surface area is 124 Å². The zero-order chi connectivity index (χ0) is 14.9. The number of β-amino-alcohol motifs (C(OH)–C–C–N with tert-alkyl or cyclic N) is 1. The van der Waals surface area contributed by atoms with Gasteiger partial charge in [0.15, 0.2) is 0 Å². The Morgan fingerprint density at radius 2 is 1.95 bits per heavy atom. The standard InChI is InChI=1S/C17H20N2O2/c1-2-10-17(21)11-19(12-17)16(20)18-15-9-5-7-13-6-3-4-8-14(13)15/h3-9,21H,2,10-12H2,1H3,(H,18,20). The van der Waals surface area contributed by atoms with Crippen LogP contribution >= 0.6 is 0 Å². The van der Waals surface area contributed by atoms with Crippen LogP contribution in [0.2, 0.25) is 0 Å². The van der Waals surface area contributed by atoms with Gasteiger partial charge < -0.3 is 15.3 Å². The topological polar surface area (TPSA) is 52.6 Å². The van der Waals surface area contributed by atoms with Gasteiger partial charge in [-0.05, 0) is 17.9 Å². The van der Waals surface area contributed by atoms with E-state index in [9.17, 15) is 9.90 Å². The lowest BCUT2D eigenvalue weighted by atomic mass is 9.90. The van der Waals surface area contributed by atoms with Crippen molar-refractivity contribution in [3.8, 4) is 0 Å². The number of nitrogens with one attached hydrogen (secondary N) is 1. The number of nitrogens with zero attached hydrogens (tertiary/aromatic N) is 1. The van der Waals surface area contributed by atoms with Crippen molar-refractivity contribution in [3.05, 3.63) is 42.5 Å². The summed E-state index contributed by atoms with van der Waals surface area (Å²) in [4.78, 5) is 13.9. The van der Waals surface area contributed by atoms with Crippen molar-refractivity contribution in [3.63, 3.8) is 0 Å². The second kappa shape index (κ2) is 5.37. The lowest BCUT2D eigenvalue weighted by Crippen LogP contribution is -2.64. The van der Waals surface area contributed by atoms with Crippen LogP contribution in [0, 0.1) is 0 Å². The molecule has 1 aliphatic heterocycles. The van der Waals surface area contributed by atoms with Crippen LogP contribution < -0.4 is 5.32 Å². The Kier molecular flexibility index (Phi) is 3.55. The van der Waals surface area contributed by atoms with Crippen LogP contribution in [0.15, 0.2) is 42.5 Å². The number of likely N-dealkylation sites (tertiary alicyclic amines) is 1. The maximum Gasteiger partial charge on any atom is 0.322 e. The van der Waals surface area contributed by atoms with E-state index < -0.39 is 5.60 Å². The molecule has 2 N–H and O–H groups in total. The molecule has 110 valence electrons. The number of benzene rings is 2. The first-order valence-corrected chi connectivity index (χ1v) is 7.37. The van der Waals surface area contributed by atoms with E-state index in [2.05, 4.69) is 5.32 Å². The van der Waals surface area contributed by atoms with Gasteiger partial charge in [0.05, 0.1) is 24.4 Å². The van der Waals surface area contributed by atoms with Crippen molar-refractivity contribution >= 4 is 22.5 Å². The van der Waals surface area contributed by atoms with E-state index in [1.165, 1.54) is 0 Å². The van der Waals surface area contributed by atoms with E-state index in [-0.39, 0.29) is 6.03 Å². The number of amides is 2. The van der Waals surface area contributed by atoms with Gasteiger partial charge in [-0.25, -0.2) is 4.79 Å². The summed E-state index contributed by atoms with van der Waals surface area (Å²) in [6.45, 7) is 2.87. The molecule has 0 spiro atoms. The minimum absolute atomic E-state index is 0.146. The predicted molar refractivity (Wildman–Crippen MR) is 84.4 cm³/mol.